The summed E-state index contributed by atoms with van der Waals surface area (Å²) in [7, 11) is 1.49. The van der Waals surface area contributed by atoms with Gasteiger partial charge < -0.3 is 14.7 Å². The highest BCUT2D eigenvalue weighted by Crippen LogP contribution is 2.31. The molecule has 1 rings (SSSR count). The fraction of sp³-hybridized carbons (Fsp3) is 0.500. The quantitative estimate of drug-likeness (QED) is 0.841. The molecule has 0 saturated heterocycles. The Balaban J connectivity index is 2.72. The van der Waals surface area contributed by atoms with Crippen LogP contribution in [-0.2, 0) is 4.79 Å². The minimum Gasteiger partial charge on any atom is -0.481 e. The molecule has 0 bridgehead atoms. The third-order valence-corrected chi connectivity index (χ3v) is 3.48. The molecule has 1 amide bonds. The van der Waals surface area contributed by atoms with Gasteiger partial charge in [-0.3, -0.25) is 9.59 Å². The van der Waals surface area contributed by atoms with Crippen LogP contribution < -0.4 is 4.74 Å². The van der Waals surface area contributed by atoms with E-state index in [1.165, 1.54) is 18.0 Å². The summed E-state index contributed by atoms with van der Waals surface area (Å²) < 4.78 is 28.8. The maximum atomic E-state index is 12.3. The van der Waals surface area contributed by atoms with Crippen molar-refractivity contribution in [3.8, 4) is 5.75 Å². The van der Waals surface area contributed by atoms with Crippen molar-refractivity contribution in [3.63, 3.8) is 0 Å². The second-order valence-electron chi connectivity index (χ2n) is 4.15. The van der Waals surface area contributed by atoms with Crippen LogP contribution in [0.2, 0.25) is 0 Å². The second kappa shape index (κ2) is 7.18. The lowest BCUT2D eigenvalue weighted by molar-refractivity contribution is -0.137. The number of hydrogen-bond acceptors (Lipinski definition) is 4. The third-order valence-electron chi connectivity index (χ3n) is 2.46. The zero-order valence-corrected chi connectivity index (χ0v) is 11.9. The van der Waals surface area contributed by atoms with Gasteiger partial charge in [-0.2, -0.15) is 8.78 Å². The number of aliphatic carboxylic acids is 1. The van der Waals surface area contributed by atoms with E-state index in [1.807, 2.05) is 0 Å². The molecule has 1 N–H and O–H groups in total. The molecular weight excluding hydrogens is 292 g/mol. The number of aryl methyl sites for hydroxylation is 1. The molecule has 0 aliphatic carbocycles. The fourth-order valence-electron chi connectivity index (χ4n) is 1.57. The van der Waals surface area contributed by atoms with Crippen LogP contribution in [0.3, 0.4) is 0 Å². The number of ether oxygens (including phenoxy) is 1. The highest BCUT2D eigenvalue weighted by Gasteiger charge is 2.22. The van der Waals surface area contributed by atoms with Crippen LogP contribution in [0.25, 0.3) is 0 Å². The van der Waals surface area contributed by atoms with Crippen LogP contribution >= 0.6 is 11.3 Å². The predicted molar refractivity (Wildman–Crippen MR) is 69.5 cm³/mol. The minimum absolute atomic E-state index is 0.0541. The van der Waals surface area contributed by atoms with E-state index in [9.17, 15) is 18.4 Å². The second-order valence-corrected chi connectivity index (χ2v) is 5.41. The van der Waals surface area contributed by atoms with E-state index in [4.69, 9.17) is 5.11 Å². The number of amides is 1. The molecule has 0 saturated carbocycles. The molecule has 0 spiro atoms. The van der Waals surface area contributed by atoms with Gasteiger partial charge in [0, 0.05) is 24.9 Å². The molecule has 0 aromatic carbocycles. The summed E-state index contributed by atoms with van der Waals surface area (Å²) in [6.07, 6.45) is 0.244. The summed E-state index contributed by atoms with van der Waals surface area (Å²) >= 11 is 1.07. The van der Waals surface area contributed by atoms with Crippen LogP contribution in [0.15, 0.2) is 6.07 Å². The maximum absolute atomic E-state index is 12.3. The zero-order valence-electron chi connectivity index (χ0n) is 11.1. The van der Waals surface area contributed by atoms with Gasteiger partial charge in [0.2, 0.25) is 0 Å². The van der Waals surface area contributed by atoms with Crippen molar-refractivity contribution < 1.29 is 28.2 Å². The van der Waals surface area contributed by atoms with Gasteiger partial charge in [-0.25, -0.2) is 0 Å². The van der Waals surface area contributed by atoms with Gasteiger partial charge in [0.15, 0.2) is 0 Å². The standard InChI is InChI=1S/C12H15F2NO4S/c1-7-6-8(19-12(13)14)10(20-7)11(18)15(2)5-3-4-9(16)17/h6,12H,3-5H2,1-2H3,(H,16,17). The van der Waals surface area contributed by atoms with Crippen molar-refractivity contribution in [1.29, 1.82) is 0 Å². The molecule has 0 radical (unpaired) electrons. The number of carboxylic acids is 1. The smallest absolute Gasteiger partial charge is 0.387 e. The molecule has 1 aromatic heterocycles. The third kappa shape index (κ3) is 4.76. The van der Waals surface area contributed by atoms with Crippen molar-refractivity contribution in [2.45, 2.75) is 26.4 Å². The molecule has 8 heteroatoms. The normalized spacial score (nSPS) is 10.7. The van der Waals surface area contributed by atoms with Gasteiger partial charge in [-0.1, -0.05) is 0 Å². The molecule has 5 nitrogen and oxygen atoms in total. The van der Waals surface area contributed by atoms with Gasteiger partial charge in [0.25, 0.3) is 5.91 Å². The van der Waals surface area contributed by atoms with Crippen molar-refractivity contribution in [2.24, 2.45) is 0 Å². The van der Waals surface area contributed by atoms with Crippen molar-refractivity contribution >= 4 is 23.2 Å². The molecule has 1 aromatic rings. The molecule has 1 heterocycles. The highest BCUT2D eigenvalue weighted by molar-refractivity contribution is 7.14. The van der Waals surface area contributed by atoms with E-state index >= 15 is 0 Å². The molecule has 0 aliphatic rings. The Labute approximate surface area is 118 Å². The topological polar surface area (TPSA) is 66.8 Å². The summed E-state index contributed by atoms with van der Waals surface area (Å²) in [4.78, 5) is 24.6. The number of carboxylic acid groups (broad SMARTS) is 1. The lowest BCUT2D eigenvalue weighted by Crippen LogP contribution is -2.28. The summed E-state index contributed by atoms with van der Waals surface area (Å²) in [5.41, 5.74) is 0. The van der Waals surface area contributed by atoms with E-state index in [2.05, 4.69) is 4.74 Å². The Morgan fingerprint density at radius 1 is 1.50 bits per heavy atom. The summed E-state index contributed by atoms with van der Waals surface area (Å²) in [5.74, 6) is -1.54. The Morgan fingerprint density at radius 3 is 2.70 bits per heavy atom. The predicted octanol–water partition coefficient (Wildman–Crippen LogP) is 2.59. The highest BCUT2D eigenvalue weighted by atomic mass is 32.1. The average molecular weight is 307 g/mol. The molecule has 0 fully saturated rings. The molecule has 0 unspecified atom stereocenters. The molecule has 0 atom stereocenters. The first-order valence-corrected chi connectivity index (χ1v) is 6.65. The Morgan fingerprint density at radius 2 is 2.15 bits per heavy atom. The van der Waals surface area contributed by atoms with Crippen LogP contribution in [0.5, 0.6) is 5.75 Å². The Bertz CT molecular complexity index is 490. The number of carbonyl (C=O) groups is 2. The summed E-state index contributed by atoms with van der Waals surface area (Å²) in [6, 6.07) is 1.38. The maximum Gasteiger partial charge on any atom is 0.387 e. The molecule has 0 aliphatic heterocycles. The van der Waals surface area contributed by atoms with Crippen LogP contribution in [0, 0.1) is 6.92 Å². The monoisotopic (exact) mass is 307 g/mol. The van der Waals surface area contributed by atoms with Gasteiger partial charge >= 0.3 is 12.6 Å². The van der Waals surface area contributed by atoms with Crippen LogP contribution in [-0.4, -0.2) is 42.1 Å². The number of hydrogen-bond donors (Lipinski definition) is 1. The van der Waals surface area contributed by atoms with Crippen LogP contribution in [0.4, 0.5) is 8.78 Å². The number of thiophene rings is 1. The van der Waals surface area contributed by atoms with E-state index < -0.39 is 18.5 Å². The molecule has 112 valence electrons. The fourth-order valence-corrected chi connectivity index (χ4v) is 2.50. The lowest BCUT2D eigenvalue weighted by atomic mass is 10.3. The van der Waals surface area contributed by atoms with Gasteiger partial charge in [-0.15, -0.1) is 11.3 Å². The number of alkyl halides is 2. The summed E-state index contributed by atoms with van der Waals surface area (Å²) in [6.45, 7) is -1.08. The first-order chi connectivity index (χ1) is 9.31. The van der Waals surface area contributed by atoms with Crippen molar-refractivity contribution in [1.82, 2.24) is 4.90 Å². The Hall–Kier alpha value is -1.70. The Kier molecular flexibility index (Phi) is 5.87. The van der Waals surface area contributed by atoms with Crippen molar-refractivity contribution in [3.05, 3.63) is 15.8 Å². The van der Waals surface area contributed by atoms with E-state index in [-0.39, 0.29) is 23.6 Å². The van der Waals surface area contributed by atoms with E-state index in [0.29, 0.717) is 11.3 Å². The van der Waals surface area contributed by atoms with E-state index in [1.54, 1.807) is 6.92 Å². The lowest BCUT2D eigenvalue weighted by Gasteiger charge is -2.16. The molecule has 20 heavy (non-hydrogen) atoms. The minimum atomic E-state index is -2.99. The van der Waals surface area contributed by atoms with Gasteiger partial charge in [0.05, 0.1) is 0 Å². The first-order valence-electron chi connectivity index (χ1n) is 5.83. The largest absolute Gasteiger partial charge is 0.481 e. The summed E-state index contributed by atoms with van der Waals surface area (Å²) in [5, 5.41) is 8.52. The van der Waals surface area contributed by atoms with Crippen molar-refractivity contribution in [2.75, 3.05) is 13.6 Å². The van der Waals surface area contributed by atoms with E-state index in [0.717, 1.165) is 11.3 Å². The number of halogens is 2. The number of rotatable bonds is 7. The van der Waals surface area contributed by atoms with Gasteiger partial charge in [0.1, 0.15) is 10.6 Å². The molecular formula is C12H15F2NO4S. The number of nitrogens with zero attached hydrogens (tertiary/aromatic N) is 1. The van der Waals surface area contributed by atoms with Gasteiger partial charge in [-0.05, 0) is 19.4 Å². The van der Waals surface area contributed by atoms with Crippen LogP contribution in [0.1, 0.15) is 27.4 Å². The average Bonchev–Trinajstić information content (AvgIpc) is 2.67. The number of carbonyl (C=O) groups excluding carboxylic acids is 1. The zero-order chi connectivity index (χ0) is 15.3. The SMILES string of the molecule is Cc1cc(OC(F)F)c(C(=O)N(C)CCCC(=O)O)s1. The first kappa shape index (κ1) is 16.4.